The van der Waals surface area contributed by atoms with Crippen molar-refractivity contribution in [3.05, 3.63) is 53.3 Å². The van der Waals surface area contributed by atoms with Crippen molar-refractivity contribution in [3.8, 4) is 28.9 Å². The van der Waals surface area contributed by atoms with E-state index in [1.165, 1.54) is 31.0 Å². The Balaban J connectivity index is 1.43. The van der Waals surface area contributed by atoms with Crippen LogP contribution in [0.2, 0.25) is 5.02 Å². The summed E-state index contributed by atoms with van der Waals surface area (Å²) in [5.41, 5.74) is 1.08. The van der Waals surface area contributed by atoms with E-state index in [9.17, 15) is 9.18 Å². The second-order valence-electron chi connectivity index (χ2n) is 6.48. The molecule has 0 saturated carbocycles. The summed E-state index contributed by atoms with van der Waals surface area (Å²) in [4.78, 5) is 16.7. The Kier molecular flexibility index (Phi) is 6.37. The van der Waals surface area contributed by atoms with Crippen LogP contribution in [0.15, 0.2) is 52.1 Å². The zero-order valence-corrected chi connectivity index (χ0v) is 18.4. The number of nitrogens with one attached hydrogen (secondary N) is 1. The first-order valence-corrected chi connectivity index (χ1v) is 10.6. The van der Waals surface area contributed by atoms with Crippen molar-refractivity contribution in [2.75, 3.05) is 18.2 Å². The molecule has 32 heavy (non-hydrogen) atoms. The highest BCUT2D eigenvalue weighted by Crippen LogP contribution is 2.28. The Morgan fingerprint density at radius 2 is 2.03 bits per heavy atom. The van der Waals surface area contributed by atoms with Crippen LogP contribution in [-0.2, 0) is 11.8 Å². The van der Waals surface area contributed by atoms with Gasteiger partial charge in [-0.05, 0) is 42.5 Å². The molecule has 2 heterocycles. The molecule has 9 nitrogen and oxygen atoms in total. The van der Waals surface area contributed by atoms with Crippen LogP contribution in [0.1, 0.15) is 0 Å². The maximum atomic E-state index is 13.1. The van der Waals surface area contributed by atoms with Gasteiger partial charge in [-0.25, -0.2) is 4.39 Å². The molecule has 0 saturated heterocycles. The zero-order chi connectivity index (χ0) is 22.7. The quantitative estimate of drug-likeness (QED) is 0.399. The second-order valence-corrected chi connectivity index (χ2v) is 7.86. The highest BCUT2D eigenvalue weighted by Gasteiger charge is 2.19. The lowest BCUT2D eigenvalue weighted by Crippen LogP contribution is -2.15. The molecule has 0 fully saturated rings. The van der Waals surface area contributed by atoms with Crippen LogP contribution in [-0.4, -0.2) is 43.7 Å². The lowest BCUT2D eigenvalue weighted by molar-refractivity contribution is -0.113. The summed E-state index contributed by atoms with van der Waals surface area (Å²) in [6.07, 6.45) is 0. The number of methoxy groups -OCH3 is 1. The average Bonchev–Trinajstić information content (AvgIpc) is 3.40. The van der Waals surface area contributed by atoms with Gasteiger partial charge in [0, 0.05) is 17.6 Å². The number of benzene rings is 2. The average molecular weight is 475 g/mol. The van der Waals surface area contributed by atoms with Crippen molar-refractivity contribution in [1.29, 1.82) is 0 Å². The summed E-state index contributed by atoms with van der Waals surface area (Å²) >= 11 is 7.17. The molecule has 1 N–H and O–H groups in total. The van der Waals surface area contributed by atoms with Crippen LogP contribution in [0.3, 0.4) is 0 Å². The zero-order valence-electron chi connectivity index (χ0n) is 16.9. The second kappa shape index (κ2) is 9.37. The van der Waals surface area contributed by atoms with Gasteiger partial charge < -0.3 is 19.1 Å². The van der Waals surface area contributed by atoms with Gasteiger partial charge in [-0.15, -0.1) is 10.2 Å². The van der Waals surface area contributed by atoms with Gasteiger partial charge in [-0.2, -0.15) is 4.98 Å². The summed E-state index contributed by atoms with van der Waals surface area (Å²) < 4.78 is 25.2. The molecular weight excluding hydrogens is 459 g/mol. The highest BCUT2D eigenvalue weighted by atomic mass is 35.5. The third-order valence-corrected chi connectivity index (χ3v) is 5.58. The molecule has 4 aromatic rings. The van der Waals surface area contributed by atoms with Crippen molar-refractivity contribution < 1.29 is 18.4 Å². The van der Waals surface area contributed by atoms with E-state index in [1.54, 1.807) is 41.9 Å². The number of ether oxygens (including phenoxy) is 1. The van der Waals surface area contributed by atoms with Gasteiger partial charge in [0.25, 0.3) is 5.89 Å². The van der Waals surface area contributed by atoms with Crippen LogP contribution >= 0.6 is 23.4 Å². The van der Waals surface area contributed by atoms with E-state index < -0.39 is 0 Å². The van der Waals surface area contributed by atoms with Crippen LogP contribution < -0.4 is 10.1 Å². The van der Waals surface area contributed by atoms with E-state index in [2.05, 4.69) is 25.7 Å². The van der Waals surface area contributed by atoms with Gasteiger partial charge in [0.2, 0.25) is 17.6 Å². The third kappa shape index (κ3) is 4.73. The largest absolute Gasteiger partial charge is 0.495 e. The molecule has 0 aliphatic rings. The number of amides is 1. The summed E-state index contributed by atoms with van der Waals surface area (Å²) in [6.45, 7) is 0. The minimum absolute atomic E-state index is 0.0757. The number of thioether (sulfide) groups is 1. The summed E-state index contributed by atoms with van der Waals surface area (Å²) in [5, 5.41) is 15.8. The molecule has 1 amide bonds. The lowest BCUT2D eigenvalue weighted by atomic mass is 10.2. The summed E-state index contributed by atoms with van der Waals surface area (Å²) in [6, 6.07) is 10.7. The van der Waals surface area contributed by atoms with E-state index in [0.717, 1.165) is 0 Å². The number of hydrogen-bond donors (Lipinski definition) is 1. The number of aromatic nitrogens is 5. The van der Waals surface area contributed by atoms with E-state index in [1.807, 2.05) is 0 Å². The van der Waals surface area contributed by atoms with Crippen molar-refractivity contribution >= 4 is 35.0 Å². The number of halogens is 2. The van der Waals surface area contributed by atoms with Crippen molar-refractivity contribution in [1.82, 2.24) is 24.9 Å². The van der Waals surface area contributed by atoms with Gasteiger partial charge >= 0.3 is 0 Å². The molecule has 2 aromatic heterocycles. The van der Waals surface area contributed by atoms with Gasteiger partial charge in [0.15, 0.2) is 5.16 Å². The molecule has 164 valence electrons. The fraction of sp³-hybridized carbons (Fsp3) is 0.150. The van der Waals surface area contributed by atoms with E-state index in [0.29, 0.717) is 38.8 Å². The number of carbonyl (C=O) groups excluding carboxylic acids is 1. The van der Waals surface area contributed by atoms with Crippen LogP contribution in [0.25, 0.3) is 23.1 Å². The molecule has 0 radical (unpaired) electrons. The molecular formula is C20H16ClFN6O3S. The number of rotatable bonds is 7. The maximum Gasteiger partial charge on any atom is 0.296 e. The number of anilines is 1. The normalized spacial score (nSPS) is 10.9. The van der Waals surface area contributed by atoms with E-state index in [4.69, 9.17) is 20.9 Å². The van der Waals surface area contributed by atoms with Crippen LogP contribution in [0.4, 0.5) is 10.1 Å². The topological polar surface area (TPSA) is 108 Å². The SMILES string of the molecule is COc1ccc(Cl)cc1NC(=O)CSc1nnc(-c2nc(-c3ccc(F)cc3)no2)n1C. The molecule has 0 aliphatic carbocycles. The lowest BCUT2D eigenvalue weighted by Gasteiger charge is -2.10. The Morgan fingerprint density at radius 1 is 1.25 bits per heavy atom. The summed E-state index contributed by atoms with van der Waals surface area (Å²) in [7, 11) is 3.23. The van der Waals surface area contributed by atoms with Crippen LogP contribution in [0, 0.1) is 5.82 Å². The molecule has 4 rings (SSSR count). The number of carbonyl (C=O) groups is 1. The first-order valence-electron chi connectivity index (χ1n) is 9.20. The fourth-order valence-electron chi connectivity index (χ4n) is 2.75. The Labute approximate surface area is 190 Å². The number of nitrogens with zero attached hydrogens (tertiary/aromatic N) is 5. The van der Waals surface area contributed by atoms with Crippen molar-refractivity contribution in [2.45, 2.75) is 5.16 Å². The predicted molar refractivity (Wildman–Crippen MR) is 117 cm³/mol. The van der Waals surface area contributed by atoms with E-state index >= 15 is 0 Å². The van der Waals surface area contributed by atoms with Crippen LogP contribution in [0.5, 0.6) is 5.75 Å². The van der Waals surface area contributed by atoms with Gasteiger partial charge in [-0.3, -0.25) is 4.79 Å². The minimum atomic E-state index is -0.356. The van der Waals surface area contributed by atoms with Gasteiger partial charge in [0.05, 0.1) is 18.6 Å². The highest BCUT2D eigenvalue weighted by molar-refractivity contribution is 7.99. The van der Waals surface area contributed by atoms with E-state index in [-0.39, 0.29) is 23.4 Å². The minimum Gasteiger partial charge on any atom is -0.495 e. The molecule has 0 bridgehead atoms. The van der Waals surface area contributed by atoms with Crippen molar-refractivity contribution in [2.24, 2.45) is 7.05 Å². The smallest absolute Gasteiger partial charge is 0.296 e. The molecule has 0 atom stereocenters. The molecule has 2 aromatic carbocycles. The van der Waals surface area contributed by atoms with Gasteiger partial charge in [-0.1, -0.05) is 28.5 Å². The standard InChI is InChI=1S/C20H16ClFN6O3S/c1-28-18(19-24-17(27-31-19)11-3-6-13(22)7-4-11)25-26-20(28)32-10-16(29)23-14-9-12(21)5-8-15(14)30-2/h3-9H,10H2,1-2H3,(H,23,29). The Morgan fingerprint density at radius 3 is 2.78 bits per heavy atom. The Hall–Kier alpha value is -3.44. The number of hydrogen-bond acceptors (Lipinski definition) is 8. The molecule has 0 aliphatic heterocycles. The first-order chi connectivity index (χ1) is 15.4. The third-order valence-electron chi connectivity index (χ3n) is 4.32. The van der Waals surface area contributed by atoms with Crippen molar-refractivity contribution in [3.63, 3.8) is 0 Å². The molecule has 0 spiro atoms. The monoisotopic (exact) mass is 474 g/mol. The molecule has 0 unspecified atom stereocenters. The van der Waals surface area contributed by atoms with Gasteiger partial charge in [0.1, 0.15) is 11.6 Å². The Bertz CT molecular complexity index is 1260. The first kappa shape index (κ1) is 21.8. The molecule has 12 heteroatoms. The fourth-order valence-corrected chi connectivity index (χ4v) is 3.63. The summed E-state index contributed by atoms with van der Waals surface area (Å²) in [5.74, 6) is 0.743. The maximum absolute atomic E-state index is 13.1. The predicted octanol–water partition coefficient (Wildman–Crippen LogP) is 4.06.